The molecular formula is C15H15NO3S. The third-order valence-electron chi connectivity index (χ3n) is 2.58. The first-order valence-electron chi connectivity index (χ1n) is 5.98. The fourth-order valence-electron chi connectivity index (χ4n) is 1.56. The SMILES string of the molecule is COc1ccc(Oc2ccc(NC(=O)SC)cc2)cc1. The van der Waals surface area contributed by atoms with Gasteiger partial charge in [-0.25, -0.2) is 0 Å². The van der Waals surface area contributed by atoms with Crippen molar-refractivity contribution >= 4 is 22.7 Å². The lowest BCUT2D eigenvalue weighted by Gasteiger charge is -2.08. The average molecular weight is 289 g/mol. The van der Waals surface area contributed by atoms with Crippen LogP contribution in [0.1, 0.15) is 0 Å². The first kappa shape index (κ1) is 14.3. The van der Waals surface area contributed by atoms with Crippen LogP contribution in [0.3, 0.4) is 0 Å². The van der Waals surface area contributed by atoms with Crippen LogP contribution in [0.5, 0.6) is 17.2 Å². The number of carbonyl (C=O) groups excluding carboxylic acids is 1. The van der Waals surface area contributed by atoms with Crippen molar-refractivity contribution < 1.29 is 14.3 Å². The number of carbonyl (C=O) groups is 1. The minimum atomic E-state index is -0.0891. The maximum atomic E-state index is 11.2. The van der Waals surface area contributed by atoms with Crippen LogP contribution in [-0.2, 0) is 0 Å². The summed E-state index contributed by atoms with van der Waals surface area (Å²) in [5, 5.41) is 2.66. The summed E-state index contributed by atoms with van der Waals surface area (Å²) in [4.78, 5) is 11.2. The molecule has 1 N–H and O–H groups in total. The number of benzene rings is 2. The highest BCUT2D eigenvalue weighted by atomic mass is 32.2. The van der Waals surface area contributed by atoms with Crippen LogP contribution in [-0.4, -0.2) is 18.6 Å². The summed E-state index contributed by atoms with van der Waals surface area (Å²) in [6.07, 6.45) is 1.73. The van der Waals surface area contributed by atoms with Gasteiger partial charge in [0.2, 0.25) is 0 Å². The largest absolute Gasteiger partial charge is 0.497 e. The summed E-state index contributed by atoms with van der Waals surface area (Å²) in [5.74, 6) is 2.22. The monoisotopic (exact) mass is 289 g/mol. The van der Waals surface area contributed by atoms with E-state index in [9.17, 15) is 4.79 Å². The zero-order valence-corrected chi connectivity index (χ0v) is 12.1. The minimum absolute atomic E-state index is 0.0891. The molecule has 1 amide bonds. The molecular weight excluding hydrogens is 274 g/mol. The summed E-state index contributed by atoms with van der Waals surface area (Å²) in [6, 6.07) is 14.6. The van der Waals surface area contributed by atoms with Crippen molar-refractivity contribution in [1.29, 1.82) is 0 Å². The van der Waals surface area contributed by atoms with Gasteiger partial charge in [-0.3, -0.25) is 4.79 Å². The summed E-state index contributed by atoms with van der Waals surface area (Å²) < 4.78 is 10.8. The fraction of sp³-hybridized carbons (Fsp3) is 0.133. The normalized spacial score (nSPS) is 9.90. The molecule has 0 aromatic heterocycles. The van der Waals surface area contributed by atoms with Crippen molar-refractivity contribution in [3.8, 4) is 17.2 Å². The topological polar surface area (TPSA) is 47.6 Å². The van der Waals surface area contributed by atoms with E-state index in [4.69, 9.17) is 9.47 Å². The molecule has 0 radical (unpaired) electrons. The van der Waals surface area contributed by atoms with E-state index >= 15 is 0 Å². The van der Waals surface area contributed by atoms with Gasteiger partial charge in [0.1, 0.15) is 17.2 Å². The van der Waals surface area contributed by atoms with Gasteiger partial charge in [-0.05, 0) is 54.8 Å². The second-order valence-electron chi connectivity index (χ2n) is 3.92. The third kappa shape index (κ3) is 3.93. The van der Waals surface area contributed by atoms with E-state index in [0.29, 0.717) is 5.75 Å². The molecule has 5 heteroatoms. The number of rotatable bonds is 4. The van der Waals surface area contributed by atoms with Gasteiger partial charge >= 0.3 is 0 Å². The Hall–Kier alpha value is -2.14. The van der Waals surface area contributed by atoms with Crippen molar-refractivity contribution in [2.75, 3.05) is 18.7 Å². The Bertz CT molecular complexity index is 567. The summed E-state index contributed by atoms with van der Waals surface area (Å²) in [7, 11) is 1.62. The molecule has 0 aliphatic carbocycles. The smallest absolute Gasteiger partial charge is 0.283 e. The lowest BCUT2D eigenvalue weighted by Crippen LogP contribution is -2.03. The van der Waals surface area contributed by atoms with Crippen LogP contribution < -0.4 is 14.8 Å². The summed E-state index contributed by atoms with van der Waals surface area (Å²) >= 11 is 1.14. The van der Waals surface area contributed by atoms with Crippen LogP contribution in [0.4, 0.5) is 10.5 Å². The molecule has 4 nitrogen and oxygen atoms in total. The number of hydrogen-bond donors (Lipinski definition) is 1. The van der Waals surface area contributed by atoms with Crippen LogP contribution in [0.15, 0.2) is 48.5 Å². The zero-order chi connectivity index (χ0) is 14.4. The van der Waals surface area contributed by atoms with E-state index in [1.54, 1.807) is 37.6 Å². The van der Waals surface area contributed by atoms with Gasteiger partial charge in [0.05, 0.1) is 7.11 Å². The van der Waals surface area contributed by atoms with Gasteiger partial charge < -0.3 is 14.8 Å². The molecule has 0 unspecified atom stereocenters. The van der Waals surface area contributed by atoms with Gasteiger partial charge in [0.15, 0.2) is 0 Å². The van der Waals surface area contributed by atoms with Crippen molar-refractivity contribution in [2.45, 2.75) is 0 Å². The molecule has 0 fully saturated rings. The van der Waals surface area contributed by atoms with Crippen LogP contribution >= 0.6 is 11.8 Å². The Labute approximate surface area is 122 Å². The number of thioether (sulfide) groups is 1. The predicted octanol–water partition coefficient (Wildman–Crippen LogP) is 4.38. The minimum Gasteiger partial charge on any atom is -0.497 e. The van der Waals surface area contributed by atoms with Gasteiger partial charge in [0, 0.05) is 5.69 Å². The molecule has 0 aliphatic rings. The average Bonchev–Trinajstić information content (AvgIpc) is 2.50. The van der Waals surface area contributed by atoms with E-state index in [-0.39, 0.29) is 5.24 Å². The van der Waals surface area contributed by atoms with Crippen LogP contribution in [0, 0.1) is 0 Å². The number of amides is 1. The predicted molar refractivity (Wildman–Crippen MR) is 82.0 cm³/mol. The molecule has 2 rings (SSSR count). The molecule has 104 valence electrons. The maximum absolute atomic E-state index is 11.2. The molecule has 2 aromatic carbocycles. The highest BCUT2D eigenvalue weighted by Crippen LogP contribution is 2.25. The molecule has 0 bridgehead atoms. The molecule has 0 saturated carbocycles. The Kier molecular flexibility index (Phi) is 4.90. The van der Waals surface area contributed by atoms with Gasteiger partial charge in [0.25, 0.3) is 5.24 Å². The fourth-order valence-corrected chi connectivity index (χ4v) is 1.77. The van der Waals surface area contributed by atoms with Gasteiger partial charge in [-0.2, -0.15) is 0 Å². The maximum Gasteiger partial charge on any atom is 0.283 e. The Morgan fingerprint density at radius 1 is 0.950 bits per heavy atom. The van der Waals surface area contributed by atoms with Crippen molar-refractivity contribution in [2.24, 2.45) is 0 Å². The number of ether oxygens (including phenoxy) is 2. The second kappa shape index (κ2) is 6.86. The molecule has 0 atom stereocenters. The van der Waals surface area contributed by atoms with E-state index < -0.39 is 0 Å². The first-order chi connectivity index (χ1) is 9.71. The number of hydrogen-bond acceptors (Lipinski definition) is 4. The molecule has 0 heterocycles. The third-order valence-corrected chi connectivity index (χ3v) is 3.05. The Balaban J connectivity index is 2.00. The Morgan fingerprint density at radius 3 is 1.95 bits per heavy atom. The number of nitrogens with one attached hydrogen (secondary N) is 1. The molecule has 20 heavy (non-hydrogen) atoms. The molecule has 0 saturated heterocycles. The quantitative estimate of drug-likeness (QED) is 0.907. The number of anilines is 1. The highest BCUT2D eigenvalue weighted by molar-refractivity contribution is 8.13. The van der Waals surface area contributed by atoms with Gasteiger partial charge in [-0.15, -0.1) is 0 Å². The Morgan fingerprint density at radius 2 is 1.45 bits per heavy atom. The molecule has 0 spiro atoms. The molecule has 2 aromatic rings. The second-order valence-corrected chi connectivity index (χ2v) is 4.70. The summed E-state index contributed by atoms with van der Waals surface area (Å²) in [6.45, 7) is 0. The van der Waals surface area contributed by atoms with Crippen molar-refractivity contribution in [1.82, 2.24) is 0 Å². The lowest BCUT2D eigenvalue weighted by atomic mass is 10.3. The van der Waals surface area contributed by atoms with E-state index in [1.165, 1.54) is 0 Å². The van der Waals surface area contributed by atoms with Crippen molar-refractivity contribution in [3.63, 3.8) is 0 Å². The standard InChI is InChI=1S/C15H15NO3S/c1-18-12-7-9-14(10-8-12)19-13-5-3-11(4-6-13)16-15(17)20-2/h3-10H,1-2H3,(H,16,17). The van der Waals surface area contributed by atoms with E-state index in [2.05, 4.69) is 5.32 Å². The number of methoxy groups -OCH3 is 1. The van der Waals surface area contributed by atoms with E-state index in [0.717, 1.165) is 28.9 Å². The van der Waals surface area contributed by atoms with Gasteiger partial charge in [-0.1, -0.05) is 11.8 Å². The van der Waals surface area contributed by atoms with E-state index in [1.807, 2.05) is 24.3 Å². The van der Waals surface area contributed by atoms with Crippen LogP contribution in [0.2, 0.25) is 0 Å². The van der Waals surface area contributed by atoms with Crippen molar-refractivity contribution in [3.05, 3.63) is 48.5 Å². The lowest BCUT2D eigenvalue weighted by molar-refractivity contribution is 0.270. The summed E-state index contributed by atoms with van der Waals surface area (Å²) in [5.41, 5.74) is 0.742. The van der Waals surface area contributed by atoms with Crippen LogP contribution in [0.25, 0.3) is 0 Å². The molecule has 0 aliphatic heterocycles. The first-order valence-corrected chi connectivity index (χ1v) is 7.20. The zero-order valence-electron chi connectivity index (χ0n) is 11.3. The highest BCUT2D eigenvalue weighted by Gasteiger charge is 2.01.